The third-order valence-electron chi connectivity index (χ3n) is 2.83. The predicted molar refractivity (Wildman–Crippen MR) is 59.7 cm³/mol. The molecule has 3 N–H and O–H groups in total. The fourth-order valence-corrected chi connectivity index (χ4v) is 1.85. The zero-order valence-corrected chi connectivity index (χ0v) is 9.38. The molecule has 1 saturated heterocycles. The van der Waals surface area contributed by atoms with Gasteiger partial charge in [-0.2, -0.15) is 0 Å². The lowest BCUT2D eigenvalue weighted by atomic mass is 10.2. The molecule has 2 rings (SSSR count). The Hall–Kier alpha value is -1.66. The fraction of sp³-hybridized carbons (Fsp3) is 0.455. The van der Waals surface area contributed by atoms with E-state index < -0.39 is 23.7 Å². The quantitative estimate of drug-likeness (QED) is 0.576. The normalized spacial score (nSPS) is 24.1. The van der Waals surface area contributed by atoms with E-state index in [1.807, 2.05) is 0 Å². The summed E-state index contributed by atoms with van der Waals surface area (Å²) in [6, 6.07) is 3.09. The van der Waals surface area contributed by atoms with Crippen molar-refractivity contribution in [3.8, 4) is 0 Å². The first-order valence-electron chi connectivity index (χ1n) is 5.34. The van der Waals surface area contributed by atoms with Crippen molar-refractivity contribution in [1.82, 2.24) is 9.88 Å². The van der Waals surface area contributed by atoms with Gasteiger partial charge in [0.05, 0.1) is 12.2 Å². The molecule has 6 nitrogen and oxygen atoms in total. The number of nitrogens with zero attached hydrogens (tertiary/aromatic N) is 1. The standard InChI is InChI=1S/C11H14N2O4/c1-6-2-3-7(10(16)12-6)11(17)13-4-8(14)9(15)5-13/h2-3,8-9,14-15H,4-5H2,1H3,(H,12,16)/t8-,9+. The second-order valence-corrected chi connectivity index (χ2v) is 4.23. The number of hydrogen-bond acceptors (Lipinski definition) is 4. The Morgan fingerprint density at radius 3 is 2.47 bits per heavy atom. The predicted octanol–water partition coefficient (Wildman–Crippen LogP) is -1.14. The molecule has 0 spiro atoms. The Morgan fingerprint density at radius 2 is 1.94 bits per heavy atom. The highest BCUT2D eigenvalue weighted by Crippen LogP contribution is 2.12. The molecule has 1 aromatic rings. The third-order valence-corrected chi connectivity index (χ3v) is 2.83. The second kappa shape index (κ2) is 4.31. The summed E-state index contributed by atoms with van der Waals surface area (Å²) >= 11 is 0. The molecule has 0 aliphatic carbocycles. The molecular formula is C11H14N2O4. The number of nitrogens with one attached hydrogen (secondary N) is 1. The van der Waals surface area contributed by atoms with Gasteiger partial charge in [0.15, 0.2) is 0 Å². The average molecular weight is 238 g/mol. The molecule has 1 aliphatic rings. The molecule has 1 amide bonds. The van der Waals surface area contributed by atoms with Gasteiger partial charge >= 0.3 is 0 Å². The summed E-state index contributed by atoms with van der Waals surface area (Å²) in [4.78, 5) is 27.3. The Bertz CT molecular complexity index is 486. The van der Waals surface area contributed by atoms with Gasteiger partial charge in [0, 0.05) is 18.8 Å². The number of aryl methyl sites for hydroxylation is 1. The van der Waals surface area contributed by atoms with E-state index in [1.54, 1.807) is 13.0 Å². The lowest BCUT2D eigenvalue weighted by molar-refractivity contribution is 0.0572. The van der Waals surface area contributed by atoms with Crippen molar-refractivity contribution in [2.24, 2.45) is 0 Å². The molecular weight excluding hydrogens is 224 g/mol. The van der Waals surface area contributed by atoms with Crippen LogP contribution in [0.4, 0.5) is 0 Å². The maximum Gasteiger partial charge on any atom is 0.260 e. The number of rotatable bonds is 1. The highest BCUT2D eigenvalue weighted by molar-refractivity contribution is 5.94. The molecule has 17 heavy (non-hydrogen) atoms. The number of aliphatic hydroxyl groups is 2. The van der Waals surface area contributed by atoms with Crippen LogP contribution in [0.5, 0.6) is 0 Å². The number of amides is 1. The molecule has 0 aromatic carbocycles. The first kappa shape index (κ1) is 11.8. The van der Waals surface area contributed by atoms with E-state index in [0.29, 0.717) is 5.69 Å². The number of carbonyl (C=O) groups excluding carboxylic acids is 1. The molecule has 0 bridgehead atoms. The van der Waals surface area contributed by atoms with Crippen molar-refractivity contribution in [3.63, 3.8) is 0 Å². The van der Waals surface area contributed by atoms with Crippen LogP contribution in [0.2, 0.25) is 0 Å². The van der Waals surface area contributed by atoms with Crippen molar-refractivity contribution in [2.75, 3.05) is 13.1 Å². The van der Waals surface area contributed by atoms with Crippen LogP contribution in [0.3, 0.4) is 0 Å². The lowest BCUT2D eigenvalue weighted by Gasteiger charge is -2.14. The zero-order chi connectivity index (χ0) is 12.6. The fourth-order valence-electron chi connectivity index (χ4n) is 1.85. The number of hydrogen-bond donors (Lipinski definition) is 3. The van der Waals surface area contributed by atoms with Crippen LogP contribution in [0.25, 0.3) is 0 Å². The van der Waals surface area contributed by atoms with E-state index >= 15 is 0 Å². The van der Waals surface area contributed by atoms with Gasteiger partial charge in [-0.25, -0.2) is 0 Å². The van der Waals surface area contributed by atoms with Crippen LogP contribution in [-0.4, -0.2) is 51.3 Å². The van der Waals surface area contributed by atoms with Crippen LogP contribution >= 0.6 is 0 Å². The Kier molecular flexibility index (Phi) is 2.99. The minimum atomic E-state index is -0.941. The first-order chi connectivity index (χ1) is 7.99. The summed E-state index contributed by atoms with van der Waals surface area (Å²) in [5.74, 6) is -0.471. The summed E-state index contributed by atoms with van der Waals surface area (Å²) in [5, 5.41) is 18.7. The van der Waals surface area contributed by atoms with Crippen LogP contribution in [0.15, 0.2) is 16.9 Å². The second-order valence-electron chi connectivity index (χ2n) is 4.23. The first-order valence-corrected chi connectivity index (χ1v) is 5.34. The highest BCUT2D eigenvalue weighted by atomic mass is 16.3. The van der Waals surface area contributed by atoms with Gasteiger partial charge in [0.1, 0.15) is 5.56 Å². The Balaban J connectivity index is 2.24. The number of pyridine rings is 1. The summed E-state index contributed by atoms with van der Waals surface area (Å²) in [5.41, 5.74) is 0.246. The zero-order valence-electron chi connectivity index (χ0n) is 9.38. The molecule has 2 heterocycles. The maximum absolute atomic E-state index is 12.0. The van der Waals surface area contributed by atoms with Crippen LogP contribution < -0.4 is 5.56 Å². The molecule has 2 atom stereocenters. The van der Waals surface area contributed by atoms with E-state index in [4.69, 9.17) is 0 Å². The van der Waals surface area contributed by atoms with E-state index in [0.717, 1.165) is 0 Å². The number of β-amino-alcohol motifs (C(OH)–C–C–N with tert-alkyl or cyclic N) is 2. The molecule has 1 aromatic heterocycles. The highest BCUT2D eigenvalue weighted by Gasteiger charge is 2.33. The molecule has 1 aliphatic heterocycles. The van der Waals surface area contributed by atoms with Crippen molar-refractivity contribution in [2.45, 2.75) is 19.1 Å². The van der Waals surface area contributed by atoms with Gasteiger partial charge in [0.2, 0.25) is 0 Å². The summed E-state index contributed by atoms with van der Waals surface area (Å²) in [6.07, 6.45) is -1.88. The van der Waals surface area contributed by atoms with Crippen molar-refractivity contribution < 1.29 is 15.0 Å². The summed E-state index contributed by atoms with van der Waals surface area (Å²) < 4.78 is 0. The van der Waals surface area contributed by atoms with Gasteiger partial charge in [0.25, 0.3) is 11.5 Å². The smallest absolute Gasteiger partial charge is 0.260 e. The van der Waals surface area contributed by atoms with Crippen molar-refractivity contribution in [1.29, 1.82) is 0 Å². The molecule has 0 radical (unpaired) electrons. The maximum atomic E-state index is 12.0. The largest absolute Gasteiger partial charge is 0.388 e. The van der Waals surface area contributed by atoms with Crippen molar-refractivity contribution in [3.05, 3.63) is 33.7 Å². The minimum absolute atomic E-state index is 0.0249. The van der Waals surface area contributed by atoms with Crippen LogP contribution in [0.1, 0.15) is 16.1 Å². The Labute approximate surface area is 97.5 Å². The lowest BCUT2D eigenvalue weighted by Crippen LogP contribution is -2.34. The number of aromatic amines is 1. The van der Waals surface area contributed by atoms with Gasteiger partial charge in [-0.05, 0) is 19.1 Å². The monoisotopic (exact) mass is 238 g/mol. The molecule has 0 unspecified atom stereocenters. The van der Waals surface area contributed by atoms with E-state index in [2.05, 4.69) is 4.98 Å². The summed E-state index contributed by atoms with van der Waals surface area (Å²) in [6.45, 7) is 1.82. The van der Waals surface area contributed by atoms with E-state index in [-0.39, 0.29) is 18.7 Å². The van der Waals surface area contributed by atoms with E-state index in [1.165, 1.54) is 11.0 Å². The number of carbonyl (C=O) groups is 1. The van der Waals surface area contributed by atoms with Gasteiger partial charge in [-0.1, -0.05) is 0 Å². The Morgan fingerprint density at radius 1 is 1.35 bits per heavy atom. The molecule has 6 heteroatoms. The van der Waals surface area contributed by atoms with E-state index in [9.17, 15) is 19.8 Å². The number of likely N-dealkylation sites (tertiary alicyclic amines) is 1. The van der Waals surface area contributed by atoms with Gasteiger partial charge in [-0.15, -0.1) is 0 Å². The van der Waals surface area contributed by atoms with Gasteiger partial charge in [-0.3, -0.25) is 9.59 Å². The third kappa shape index (κ3) is 2.22. The number of aliphatic hydroxyl groups excluding tert-OH is 2. The summed E-state index contributed by atoms with van der Waals surface area (Å²) in [7, 11) is 0. The van der Waals surface area contributed by atoms with Crippen LogP contribution in [0, 0.1) is 6.92 Å². The van der Waals surface area contributed by atoms with Gasteiger partial charge < -0.3 is 20.1 Å². The number of H-pyrrole nitrogens is 1. The molecule has 1 fully saturated rings. The minimum Gasteiger partial charge on any atom is -0.388 e. The molecule has 0 saturated carbocycles. The molecule has 92 valence electrons. The topological polar surface area (TPSA) is 93.6 Å². The van der Waals surface area contributed by atoms with Crippen molar-refractivity contribution >= 4 is 5.91 Å². The van der Waals surface area contributed by atoms with Crippen LogP contribution in [-0.2, 0) is 0 Å². The average Bonchev–Trinajstić information content (AvgIpc) is 2.58. The SMILES string of the molecule is Cc1ccc(C(=O)N2C[C@@H](O)[C@@H](O)C2)c(=O)[nH]1. The number of aromatic nitrogens is 1.